The molecule has 0 atom stereocenters. The molecule has 1 aliphatic heterocycles. The van der Waals surface area contributed by atoms with Crippen LogP contribution in [0.3, 0.4) is 0 Å². The van der Waals surface area contributed by atoms with Crippen molar-refractivity contribution in [1.82, 2.24) is 19.9 Å². The first-order valence-corrected chi connectivity index (χ1v) is 6.81. The zero-order valence-electron chi connectivity index (χ0n) is 12.4. The van der Waals surface area contributed by atoms with Gasteiger partial charge in [0.15, 0.2) is 0 Å². The molecule has 0 spiro atoms. The van der Waals surface area contributed by atoms with E-state index in [1.807, 2.05) is 0 Å². The van der Waals surface area contributed by atoms with Crippen LogP contribution in [0.4, 0.5) is 18.0 Å². The molecular weight excluding hydrogens is 329 g/mol. The van der Waals surface area contributed by atoms with Gasteiger partial charge in [0.05, 0.1) is 6.54 Å². The second-order valence-corrected chi connectivity index (χ2v) is 5.24. The third-order valence-corrected chi connectivity index (χ3v) is 3.45. The first-order chi connectivity index (χ1) is 11.3. The lowest BCUT2D eigenvalue weighted by atomic mass is 10.1. The van der Waals surface area contributed by atoms with Gasteiger partial charge in [0.2, 0.25) is 5.82 Å². The van der Waals surface area contributed by atoms with E-state index >= 15 is 0 Å². The van der Waals surface area contributed by atoms with Gasteiger partial charge in [-0.3, -0.25) is 9.69 Å². The summed E-state index contributed by atoms with van der Waals surface area (Å²) in [4.78, 5) is 29.2. The van der Waals surface area contributed by atoms with E-state index in [0.29, 0.717) is 11.1 Å². The van der Waals surface area contributed by atoms with E-state index in [1.165, 1.54) is 24.1 Å². The first-order valence-electron chi connectivity index (χ1n) is 6.81. The number of benzene rings is 1. The Balaban J connectivity index is 1.75. The van der Waals surface area contributed by atoms with E-state index in [-0.39, 0.29) is 24.8 Å². The van der Waals surface area contributed by atoms with E-state index in [4.69, 9.17) is 0 Å². The Hall–Kier alpha value is -2.91. The van der Waals surface area contributed by atoms with Gasteiger partial charge in [0.25, 0.3) is 5.91 Å². The van der Waals surface area contributed by atoms with Crippen LogP contribution in [0.15, 0.2) is 28.8 Å². The molecule has 2 aromatic rings. The number of alkyl halides is 3. The molecule has 126 valence electrons. The maximum atomic E-state index is 12.4. The summed E-state index contributed by atoms with van der Waals surface area (Å²) < 4.78 is 41.5. The summed E-state index contributed by atoms with van der Waals surface area (Å²) in [5.41, 5.74) is 0.976. The fraction of sp³-hybridized carbons (Fsp3) is 0.286. The number of imide groups is 1. The third kappa shape index (κ3) is 2.94. The molecule has 3 amide bonds. The van der Waals surface area contributed by atoms with Crippen LogP contribution in [0.1, 0.15) is 11.5 Å². The number of likely N-dealkylation sites (N-methyl/N-ethyl adjacent to an activating group) is 1. The van der Waals surface area contributed by atoms with Crippen LogP contribution >= 0.6 is 0 Å². The monoisotopic (exact) mass is 340 g/mol. The van der Waals surface area contributed by atoms with E-state index in [9.17, 15) is 22.8 Å². The summed E-state index contributed by atoms with van der Waals surface area (Å²) in [6.07, 6.45) is -4.70. The molecule has 0 radical (unpaired) electrons. The lowest BCUT2D eigenvalue weighted by Crippen LogP contribution is -2.30. The summed E-state index contributed by atoms with van der Waals surface area (Å²) in [6.45, 7) is 0.113. The summed E-state index contributed by atoms with van der Waals surface area (Å²) in [7, 11) is 1.53. The number of aromatic nitrogens is 2. The molecule has 1 saturated heterocycles. The van der Waals surface area contributed by atoms with Crippen molar-refractivity contribution >= 4 is 11.9 Å². The van der Waals surface area contributed by atoms with Crippen molar-refractivity contribution in [3.05, 3.63) is 35.7 Å². The zero-order chi connectivity index (χ0) is 17.5. The molecule has 0 aliphatic carbocycles. The van der Waals surface area contributed by atoms with E-state index in [2.05, 4.69) is 14.7 Å². The molecule has 10 heteroatoms. The highest BCUT2D eigenvalue weighted by Crippen LogP contribution is 2.29. The minimum absolute atomic E-state index is 0.0278. The Labute approximate surface area is 133 Å². The number of halogens is 3. The molecule has 2 heterocycles. The highest BCUT2D eigenvalue weighted by atomic mass is 19.4. The molecule has 1 fully saturated rings. The van der Waals surface area contributed by atoms with Gasteiger partial charge >= 0.3 is 18.1 Å². The third-order valence-electron chi connectivity index (χ3n) is 3.45. The average molecular weight is 340 g/mol. The number of amides is 3. The van der Waals surface area contributed by atoms with Crippen molar-refractivity contribution in [2.24, 2.45) is 0 Å². The van der Waals surface area contributed by atoms with E-state index in [0.717, 1.165) is 4.90 Å². The number of urea groups is 1. The maximum Gasteiger partial charge on any atom is 0.471 e. The Morgan fingerprint density at radius 1 is 1.21 bits per heavy atom. The fourth-order valence-electron chi connectivity index (χ4n) is 2.22. The van der Waals surface area contributed by atoms with Crippen LogP contribution in [0, 0.1) is 0 Å². The number of rotatable bonds is 3. The highest BCUT2D eigenvalue weighted by molar-refractivity contribution is 6.01. The number of hydrogen-bond donors (Lipinski definition) is 0. The fourth-order valence-corrected chi connectivity index (χ4v) is 2.22. The van der Waals surface area contributed by atoms with Crippen LogP contribution in [0.2, 0.25) is 0 Å². The second-order valence-electron chi connectivity index (χ2n) is 5.24. The van der Waals surface area contributed by atoms with Crippen LogP contribution in [-0.4, -0.2) is 45.5 Å². The minimum atomic E-state index is -4.70. The second kappa shape index (κ2) is 5.62. The Morgan fingerprint density at radius 3 is 2.38 bits per heavy atom. The van der Waals surface area contributed by atoms with Gasteiger partial charge in [-0.15, -0.1) is 0 Å². The smallest absolute Gasteiger partial charge is 0.329 e. The molecule has 1 aliphatic rings. The largest absolute Gasteiger partial charge is 0.471 e. The van der Waals surface area contributed by atoms with Gasteiger partial charge in [-0.1, -0.05) is 29.4 Å². The molecule has 0 N–H and O–H groups in total. The molecule has 7 nitrogen and oxygen atoms in total. The standard InChI is InChI=1S/C14H11F3N4O3/c1-20-7-10(22)21(13(20)23)6-8-2-4-9(5-3-8)11-18-12(24-19-11)14(15,16)17/h2-5H,6-7H2,1H3. The number of carbonyl (C=O) groups is 2. The minimum Gasteiger partial charge on any atom is -0.329 e. The number of hydrogen-bond acceptors (Lipinski definition) is 5. The summed E-state index contributed by atoms with van der Waals surface area (Å²) >= 11 is 0. The van der Waals surface area contributed by atoms with Crippen molar-refractivity contribution in [2.45, 2.75) is 12.7 Å². The van der Waals surface area contributed by atoms with Crippen LogP contribution < -0.4 is 0 Å². The van der Waals surface area contributed by atoms with Gasteiger partial charge in [-0.2, -0.15) is 18.2 Å². The molecule has 1 aromatic carbocycles. The van der Waals surface area contributed by atoms with Gasteiger partial charge in [0.1, 0.15) is 6.54 Å². The van der Waals surface area contributed by atoms with Crippen molar-refractivity contribution in [3.63, 3.8) is 0 Å². The van der Waals surface area contributed by atoms with Gasteiger partial charge in [-0.25, -0.2) is 4.79 Å². The summed E-state index contributed by atoms with van der Waals surface area (Å²) in [6, 6.07) is 5.76. The Morgan fingerprint density at radius 2 is 1.88 bits per heavy atom. The van der Waals surface area contributed by atoms with Gasteiger partial charge in [0, 0.05) is 12.6 Å². The van der Waals surface area contributed by atoms with Gasteiger partial charge in [-0.05, 0) is 5.56 Å². The van der Waals surface area contributed by atoms with Crippen LogP contribution in [0.5, 0.6) is 0 Å². The lowest BCUT2D eigenvalue weighted by molar-refractivity contribution is -0.159. The first kappa shape index (κ1) is 16.0. The van der Waals surface area contributed by atoms with E-state index in [1.54, 1.807) is 12.1 Å². The van der Waals surface area contributed by atoms with Crippen LogP contribution in [0.25, 0.3) is 11.4 Å². The van der Waals surface area contributed by atoms with E-state index < -0.39 is 18.1 Å². The predicted octanol–water partition coefficient (Wildman–Crippen LogP) is 2.15. The van der Waals surface area contributed by atoms with Crippen molar-refractivity contribution in [2.75, 3.05) is 13.6 Å². The molecule has 3 rings (SSSR count). The van der Waals surface area contributed by atoms with Crippen LogP contribution in [-0.2, 0) is 17.5 Å². The molecule has 1 aromatic heterocycles. The highest BCUT2D eigenvalue weighted by Gasteiger charge is 2.38. The summed E-state index contributed by atoms with van der Waals surface area (Å²) in [5.74, 6) is -1.92. The summed E-state index contributed by atoms with van der Waals surface area (Å²) in [5, 5.41) is 3.29. The molecule has 0 bridgehead atoms. The zero-order valence-corrected chi connectivity index (χ0v) is 12.4. The molecule has 0 unspecified atom stereocenters. The van der Waals surface area contributed by atoms with Crippen molar-refractivity contribution < 1.29 is 27.3 Å². The molecule has 24 heavy (non-hydrogen) atoms. The lowest BCUT2D eigenvalue weighted by Gasteiger charge is -2.14. The van der Waals surface area contributed by atoms with Gasteiger partial charge < -0.3 is 9.42 Å². The van der Waals surface area contributed by atoms with Crippen molar-refractivity contribution in [3.8, 4) is 11.4 Å². The Bertz CT molecular complexity index is 785. The normalized spacial score (nSPS) is 15.5. The maximum absolute atomic E-state index is 12.4. The predicted molar refractivity (Wildman–Crippen MR) is 73.3 cm³/mol. The molecular formula is C14H11F3N4O3. The molecule has 0 saturated carbocycles. The number of nitrogens with zero attached hydrogens (tertiary/aromatic N) is 4. The number of carbonyl (C=O) groups excluding carboxylic acids is 2. The average Bonchev–Trinajstić information content (AvgIpc) is 3.10. The quantitative estimate of drug-likeness (QED) is 0.800. The SMILES string of the molecule is CN1CC(=O)N(Cc2ccc(-c3noc(C(F)(F)F)n3)cc2)C1=O. The topological polar surface area (TPSA) is 79.5 Å². The van der Waals surface area contributed by atoms with Crippen molar-refractivity contribution in [1.29, 1.82) is 0 Å². The Kier molecular flexibility index (Phi) is 3.74.